The molecule has 0 unspecified atom stereocenters. The van der Waals surface area contributed by atoms with Gasteiger partial charge < -0.3 is 10.1 Å². The molecule has 1 aromatic rings. The number of benzene rings is 1. The number of hydrogen-bond donors (Lipinski definition) is 1. The van der Waals surface area contributed by atoms with Gasteiger partial charge in [-0.2, -0.15) is 13.2 Å². The Labute approximate surface area is 114 Å². The summed E-state index contributed by atoms with van der Waals surface area (Å²) in [6.07, 6.45) is -4.44. The summed E-state index contributed by atoms with van der Waals surface area (Å²) in [4.78, 5) is 11.1. The Bertz CT molecular complexity index is 440. The minimum Gasteiger partial charge on any atom is -0.482 e. The molecule has 0 aliphatic rings. The van der Waals surface area contributed by atoms with Crippen molar-refractivity contribution in [2.45, 2.75) is 6.18 Å². The van der Waals surface area contributed by atoms with Gasteiger partial charge >= 0.3 is 6.18 Å². The lowest BCUT2D eigenvalue weighted by atomic mass is 10.3. The van der Waals surface area contributed by atoms with E-state index >= 15 is 0 Å². The van der Waals surface area contributed by atoms with Crippen LogP contribution in [-0.2, 0) is 4.79 Å². The maximum atomic E-state index is 11.8. The summed E-state index contributed by atoms with van der Waals surface area (Å²) >= 11 is 8.97. The second-order valence-electron chi connectivity index (χ2n) is 3.26. The second-order valence-corrected chi connectivity index (χ2v) is 4.58. The molecular weight excluding hydrogens is 338 g/mol. The van der Waals surface area contributed by atoms with Crippen molar-refractivity contribution in [2.24, 2.45) is 0 Å². The fraction of sp³-hybridized carbons (Fsp3) is 0.300. The predicted molar refractivity (Wildman–Crippen MR) is 63.7 cm³/mol. The van der Waals surface area contributed by atoms with Crippen molar-refractivity contribution in [3.8, 4) is 5.75 Å². The van der Waals surface area contributed by atoms with Gasteiger partial charge in [-0.15, -0.1) is 0 Å². The number of amides is 1. The highest BCUT2D eigenvalue weighted by Crippen LogP contribution is 2.27. The van der Waals surface area contributed by atoms with E-state index in [0.717, 1.165) is 4.47 Å². The van der Waals surface area contributed by atoms with E-state index in [4.69, 9.17) is 16.3 Å². The van der Waals surface area contributed by atoms with E-state index in [9.17, 15) is 18.0 Å². The molecule has 1 rings (SSSR count). The van der Waals surface area contributed by atoms with Crippen LogP contribution in [0.25, 0.3) is 0 Å². The zero-order valence-corrected chi connectivity index (χ0v) is 11.2. The third-order valence-corrected chi connectivity index (χ3v) is 2.53. The average Bonchev–Trinajstić information content (AvgIpc) is 2.24. The van der Waals surface area contributed by atoms with Crippen LogP contribution in [0.4, 0.5) is 13.2 Å². The van der Waals surface area contributed by atoms with Crippen LogP contribution in [0.1, 0.15) is 0 Å². The molecule has 0 saturated carbocycles. The van der Waals surface area contributed by atoms with E-state index in [-0.39, 0.29) is 10.8 Å². The summed E-state index contributed by atoms with van der Waals surface area (Å²) in [7, 11) is 0. The van der Waals surface area contributed by atoms with Gasteiger partial charge in [0.1, 0.15) is 12.3 Å². The summed E-state index contributed by atoms with van der Waals surface area (Å²) < 4.78 is 41.1. The highest BCUT2D eigenvalue weighted by molar-refractivity contribution is 9.10. The Balaban J connectivity index is 2.43. The molecule has 100 valence electrons. The van der Waals surface area contributed by atoms with Crippen LogP contribution in [0, 0.1) is 0 Å². The van der Waals surface area contributed by atoms with Crippen LogP contribution >= 0.6 is 27.5 Å². The number of hydrogen-bond acceptors (Lipinski definition) is 2. The Kier molecular flexibility index (Phi) is 5.28. The van der Waals surface area contributed by atoms with Crippen LogP contribution in [0.5, 0.6) is 5.75 Å². The van der Waals surface area contributed by atoms with E-state index in [2.05, 4.69) is 15.9 Å². The Morgan fingerprint density at radius 2 is 2.11 bits per heavy atom. The van der Waals surface area contributed by atoms with Crippen LogP contribution in [0.15, 0.2) is 22.7 Å². The minimum absolute atomic E-state index is 0.224. The summed E-state index contributed by atoms with van der Waals surface area (Å²) in [5.74, 6) is -0.645. The van der Waals surface area contributed by atoms with E-state index in [1.807, 2.05) is 0 Å². The second kappa shape index (κ2) is 6.29. The van der Waals surface area contributed by atoms with Gasteiger partial charge in [-0.25, -0.2) is 0 Å². The molecule has 0 aliphatic carbocycles. The van der Waals surface area contributed by atoms with Crippen LogP contribution in [0.2, 0.25) is 5.02 Å². The van der Waals surface area contributed by atoms with Gasteiger partial charge in [-0.05, 0) is 18.2 Å². The molecule has 0 heterocycles. The van der Waals surface area contributed by atoms with E-state index in [1.165, 1.54) is 6.07 Å². The first kappa shape index (κ1) is 15.1. The maximum Gasteiger partial charge on any atom is 0.405 e. The van der Waals surface area contributed by atoms with E-state index in [1.54, 1.807) is 17.4 Å². The summed E-state index contributed by atoms with van der Waals surface area (Å²) in [5.41, 5.74) is 0. The maximum absolute atomic E-state index is 11.8. The zero-order valence-electron chi connectivity index (χ0n) is 8.85. The van der Waals surface area contributed by atoms with Crippen molar-refractivity contribution in [2.75, 3.05) is 13.2 Å². The average molecular weight is 347 g/mol. The molecule has 0 aliphatic heterocycles. The SMILES string of the molecule is O=C(COc1ccc(Br)cc1Cl)NCC(F)(F)F. The number of ether oxygens (including phenoxy) is 1. The molecule has 0 bridgehead atoms. The molecule has 8 heteroatoms. The molecule has 0 fully saturated rings. The van der Waals surface area contributed by atoms with Gasteiger partial charge in [-0.1, -0.05) is 27.5 Å². The summed E-state index contributed by atoms with van der Waals surface area (Å²) in [6.45, 7) is -1.92. The van der Waals surface area contributed by atoms with Crippen molar-refractivity contribution in [1.29, 1.82) is 0 Å². The largest absolute Gasteiger partial charge is 0.482 e. The molecule has 18 heavy (non-hydrogen) atoms. The number of carbonyl (C=O) groups excluding carboxylic acids is 1. The number of rotatable bonds is 4. The van der Waals surface area contributed by atoms with Gasteiger partial charge in [0.25, 0.3) is 5.91 Å². The first-order chi connectivity index (χ1) is 8.28. The highest BCUT2D eigenvalue weighted by Gasteiger charge is 2.27. The van der Waals surface area contributed by atoms with Gasteiger partial charge in [0.15, 0.2) is 6.61 Å². The lowest BCUT2D eigenvalue weighted by molar-refractivity contribution is -0.139. The lowest BCUT2D eigenvalue weighted by Gasteiger charge is -2.10. The number of alkyl halides is 3. The molecule has 1 amide bonds. The predicted octanol–water partition coefficient (Wildman–Crippen LogP) is 3.16. The Morgan fingerprint density at radius 3 is 2.67 bits per heavy atom. The molecule has 1 N–H and O–H groups in total. The van der Waals surface area contributed by atoms with Crippen molar-refractivity contribution in [1.82, 2.24) is 5.32 Å². The van der Waals surface area contributed by atoms with Crippen molar-refractivity contribution in [3.63, 3.8) is 0 Å². The normalized spacial score (nSPS) is 11.2. The van der Waals surface area contributed by atoms with Gasteiger partial charge in [0.05, 0.1) is 5.02 Å². The van der Waals surface area contributed by atoms with Crippen LogP contribution in [-0.4, -0.2) is 25.2 Å². The standard InChI is InChI=1S/C10H8BrClF3NO2/c11-6-1-2-8(7(12)3-6)18-4-9(17)16-5-10(13,14)15/h1-3H,4-5H2,(H,16,17). The molecular formula is C10H8BrClF3NO2. The van der Waals surface area contributed by atoms with Crippen LogP contribution < -0.4 is 10.1 Å². The van der Waals surface area contributed by atoms with Gasteiger partial charge in [0, 0.05) is 4.47 Å². The smallest absolute Gasteiger partial charge is 0.405 e. The number of nitrogens with one attached hydrogen (secondary N) is 1. The first-order valence-corrected chi connectivity index (χ1v) is 5.86. The van der Waals surface area contributed by atoms with Crippen molar-refractivity contribution in [3.05, 3.63) is 27.7 Å². The Hall–Kier alpha value is -0.950. The lowest BCUT2D eigenvalue weighted by Crippen LogP contribution is -2.36. The van der Waals surface area contributed by atoms with Crippen molar-refractivity contribution >= 4 is 33.4 Å². The summed E-state index contributed by atoms with van der Waals surface area (Å²) in [6, 6.07) is 4.68. The third-order valence-electron chi connectivity index (χ3n) is 1.74. The van der Waals surface area contributed by atoms with Crippen molar-refractivity contribution < 1.29 is 22.7 Å². The molecule has 0 saturated heterocycles. The third kappa shape index (κ3) is 5.59. The molecule has 0 atom stereocenters. The molecule has 0 aromatic heterocycles. The highest BCUT2D eigenvalue weighted by atomic mass is 79.9. The molecule has 3 nitrogen and oxygen atoms in total. The van der Waals surface area contributed by atoms with Gasteiger partial charge in [-0.3, -0.25) is 4.79 Å². The monoisotopic (exact) mass is 345 g/mol. The quantitative estimate of drug-likeness (QED) is 0.909. The number of halogens is 5. The van der Waals surface area contributed by atoms with E-state index in [0.29, 0.717) is 0 Å². The fourth-order valence-corrected chi connectivity index (χ4v) is 1.71. The fourth-order valence-electron chi connectivity index (χ4n) is 0.985. The molecule has 1 aromatic carbocycles. The minimum atomic E-state index is -4.44. The van der Waals surface area contributed by atoms with Crippen LogP contribution in [0.3, 0.4) is 0 Å². The first-order valence-electron chi connectivity index (χ1n) is 4.69. The number of carbonyl (C=O) groups is 1. The molecule has 0 radical (unpaired) electrons. The zero-order chi connectivity index (χ0) is 13.8. The topological polar surface area (TPSA) is 38.3 Å². The Morgan fingerprint density at radius 1 is 1.44 bits per heavy atom. The molecule has 0 spiro atoms. The summed E-state index contributed by atoms with van der Waals surface area (Å²) in [5, 5.41) is 1.94. The van der Waals surface area contributed by atoms with Gasteiger partial charge in [0.2, 0.25) is 0 Å². The van der Waals surface area contributed by atoms with E-state index < -0.39 is 25.2 Å².